The number of methoxy groups -OCH3 is 1. The molecule has 0 aliphatic carbocycles. The van der Waals surface area contributed by atoms with Crippen molar-refractivity contribution >= 4 is 5.97 Å². The molecule has 0 saturated heterocycles. The summed E-state index contributed by atoms with van der Waals surface area (Å²) in [6.07, 6.45) is 1.56. The zero-order valence-electron chi connectivity index (χ0n) is 8.60. The molecule has 0 radical (unpaired) electrons. The van der Waals surface area contributed by atoms with Crippen molar-refractivity contribution in [3.63, 3.8) is 0 Å². The van der Waals surface area contributed by atoms with Crippen LogP contribution < -0.4 is 9.84 Å². The van der Waals surface area contributed by atoms with Gasteiger partial charge in [-0.3, -0.25) is 0 Å². The first-order valence-electron chi connectivity index (χ1n) is 4.63. The molecule has 1 rings (SSSR count). The Morgan fingerprint density at radius 3 is 2.53 bits per heavy atom. The third kappa shape index (κ3) is 3.13. The Labute approximate surface area is 89.0 Å². The van der Waals surface area contributed by atoms with E-state index in [0.717, 1.165) is 11.3 Å². The fraction of sp³-hybridized carbons (Fsp3) is 0.250. The first-order chi connectivity index (χ1) is 7.17. The average molecular weight is 205 g/mol. The molecule has 0 saturated carbocycles. The lowest BCUT2D eigenvalue weighted by Crippen LogP contribution is -2.23. The molecular weight excluding hydrogens is 192 g/mol. The number of rotatable bonds is 5. The van der Waals surface area contributed by atoms with Crippen molar-refractivity contribution in [1.82, 2.24) is 0 Å². The summed E-state index contributed by atoms with van der Waals surface area (Å²) in [6.45, 7) is 3.61. The van der Waals surface area contributed by atoms with E-state index in [1.165, 1.54) is 0 Å². The van der Waals surface area contributed by atoms with Gasteiger partial charge in [0.15, 0.2) is 0 Å². The van der Waals surface area contributed by atoms with Crippen LogP contribution in [0.4, 0.5) is 0 Å². The third-order valence-corrected chi connectivity index (χ3v) is 2.22. The first kappa shape index (κ1) is 11.3. The number of carboxylic acid groups (broad SMARTS) is 1. The molecule has 0 bridgehead atoms. The summed E-state index contributed by atoms with van der Waals surface area (Å²) >= 11 is 0. The van der Waals surface area contributed by atoms with E-state index in [1.54, 1.807) is 25.3 Å². The molecule has 1 aromatic rings. The van der Waals surface area contributed by atoms with E-state index in [-0.39, 0.29) is 12.3 Å². The van der Waals surface area contributed by atoms with E-state index < -0.39 is 5.97 Å². The molecule has 0 aliphatic rings. The summed E-state index contributed by atoms with van der Waals surface area (Å²) in [4.78, 5) is 10.5. The van der Waals surface area contributed by atoms with Gasteiger partial charge in [0.25, 0.3) is 0 Å². The van der Waals surface area contributed by atoms with Gasteiger partial charge in [0, 0.05) is 11.9 Å². The van der Waals surface area contributed by atoms with Crippen molar-refractivity contribution < 1.29 is 14.6 Å². The van der Waals surface area contributed by atoms with Gasteiger partial charge in [0.05, 0.1) is 7.11 Å². The molecule has 0 unspecified atom stereocenters. The lowest BCUT2D eigenvalue weighted by Gasteiger charge is -2.13. The van der Waals surface area contributed by atoms with Crippen LogP contribution >= 0.6 is 0 Å². The van der Waals surface area contributed by atoms with Crippen molar-refractivity contribution in [3.05, 3.63) is 42.5 Å². The molecule has 3 heteroatoms. The summed E-state index contributed by atoms with van der Waals surface area (Å²) in [7, 11) is 1.58. The van der Waals surface area contributed by atoms with E-state index in [1.807, 2.05) is 12.1 Å². The SMILES string of the molecule is C=C[C@H](CC(=O)[O-])c1ccc(OC)cc1. The first-order valence-corrected chi connectivity index (χ1v) is 4.63. The standard InChI is InChI=1S/C12H14O3/c1-3-9(8-12(13)14)10-4-6-11(15-2)7-5-10/h3-7,9H,1,8H2,2H3,(H,13,14)/p-1/t9-/m1/s1. The lowest BCUT2D eigenvalue weighted by molar-refractivity contribution is -0.305. The van der Waals surface area contributed by atoms with Crippen molar-refractivity contribution in [2.75, 3.05) is 7.11 Å². The molecular formula is C12H13O3-. The fourth-order valence-electron chi connectivity index (χ4n) is 1.37. The van der Waals surface area contributed by atoms with Gasteiger partial charge in [-0.25, -0.2) is 0 Å². The van der Waals surface area contributed by atoms with Crippen LogP contribution in [-0.4, -0.2) is 13.1 Å². The van der Waals surface area contributed by atoms with E-state index in [0.29, 0.717) is 0 Å². The predicted octanol–water partition coefficient (Wildman–Crippen LogP) is 1.10. The molecule has 0 N–H and O–H groups in total. The maximum Gasteiger partial charge on any atom is 0.118 e. The summed E-state index contributed by atoms with van der Waals surface area (Å²) in [5.74, 6) is -0.536. The Kier molecular flexibility index (Phi) is 3.92. The van der Waals surface area contributed by atoms with Crippen LogP contribution in [0.5, 0.6) is 5.75 Å². The highest BCUT2D eigenvalue weighted by atomic mass is 16.5. The Bertz CT molecular complexity index is 340. The van der Waals surface area contributed by atoms with Gasteiger partial charge in [-0.15, -0.1) is 6.58 Å². The number of aliphatic carboxylic acids is 1. The van der Waals surface area contributed by atoms with Gasteiger partial charge in [0.2, 0.25) is 0 Å². The van der Waals surface area contributed by atoms with Gasteiger partial charge in [-0.1, -0.05) is 18.2 Å². The van der Waals surface area contributed by atoms with E-state index in [2.05, 4.69) is 6.58 Å². The minimum Gasteiger partial charge on any atom is -0.550 e. The smallest absolute Gasteiger partial charge is 0.118 e. The van der Waals surface area contributed by atoms with Gasteiger partial charge in [-0.2, -0.15) is 0 Å². The van der Waals surface area contributed by atoms with Crippen molar-refractivity contribution in [2.24, 2.45) is 0 Å². The molecule has 0 heterocycles. The summed E-state index contributed by atoms with van der Waals surface area (Å²) in [6, 6.07) is 7.24. The molecule has 80 valence electrons. The number of hydrogen-bond acceptors (Lipinski definition) is 3. The second-order valence-corrected chi connectivity index (χ2v) is 3.19. The number of hydrogen-bond donors (Lipinski definition) is 0. The minimum absolute atomic E-state index is 0.0458. The van der Waals surface area contributed by atoms with Crippen LogP contribution in [0.1, 0.15) is 17.9 Å². The number of ether oxygens (including phenoxy) is 1. The lowest BCUT2D eigenvalue weighted by atomic mass is 9.96. The monoisotopic (exact) mass is 205 g/mol. The number of carbonyl (C=O) groups excluding carboxylic acids is 1. The molecule has 0 spiro atoms. The Morgan fingerprint density at radius 1 is 1.53 bits per heavy atom. The second-order valence-electron chi connectivity index (χ2n) is 3.19. The molecule has 15 heavy (non-hydrogen) atoms. The quantitative estimate of drug-likeness (QED) is 0.676. The highest BCUT2D eigenvalue weighted by Gasteiger charge is 2.07. The molecule has 0 fully saturated rings. The van der Waals surface area contributed by atoms with Crippen LogP contribution in [0.2, 0.25) is 0 Å². The topological polar surface area (TPSA) is 49.4 Å². The van der Waals surface area contributed by atoms with Crippen LogP contribution in [-0.2, 0) is 4.79 Å². The highest BCUT2D eigenvalue weighted by molar-refractivity contribution is 5.66. The van der Waals surface area contributed by atoms with Gasteiger partial charge < -0.3 is 14.6 Å². The van der Waals surface area contributed by atoms with Crippen LogP contribution in [0.25, 0.3) is 0 Å². The Hall–Kier alpha value is -1.77. The molecule has 0 amide bonds. The third-order valence-electron chi connectivity index (χ3n) is 2.22. The number of benzene rings is 1. The largest absolute Gasteiger partial charge is 0.550 e. The maximum atomic E-state index is 10.5. The Balaban J connectivity index is 2.82. The van der Waals surface area contributed by atoms with Gasteiger partial charge >= 0.3 is 0 Å². The zero-order valence-corrected chi connectivity index (χ0v) is 8.60. The van der Waals surface area contributed by atoms with E-state index in [4.69, 9.17) is 4.74 Å². The molecule has 1 aromatic carbocycles. The average Bonchev–Trinajstić information content (AvgIpc) is 2.26. The Morgan fingerprint density at radius 2 is 2.13 bits per heavy atom. The minimum atomic E-state index is -1.07. The van der Waals surface area contributed by atoms with Crippen molar-refractivity contribution in [1.29, 1.82) is 0 Å². The number of carbonyl (C=O) groups is 1. The van der Waals surface area contributed by atoms with Crippen molar-refractivity contribution in [3.8, 4) is 5.75 Å². The van der Waals surface area contributed by atoms with Gasteiger partial charge in [0.1, 0.15) is 5.75 Å². The normalized spacial score (nSPS) is 11.8. The van der Waals surface area contributed by atoms with Gasteiger partial charge in [-0.05, 0) is 24.1 Å². The molecule has 1 atom stereocenters. The molecule has 3 nitrogen and oxygen atoms in total. The fourth-order valence-corrected chi connectivity index (χ4v) is 1.37. The summed E-state index contributed by atoms with van der Waals surface area (Å²) in [5.41, 5.74) is 0.898. The van der Waals surface area contributed by atoms with Crippen LogP contribution in [0, 0.1) is 0 Å². The number of allylic oxidation sites excluding steroid dienone is 1. The molecule has 0 aliphatic heterocycles. The predicted molar refractivity (Wildman–Crippen MR) is 55.6 cm³/mol. The zero-order chi connectivity index (χ0) is 11.3. The van der Waals surface area contributed by atoms with Crippen LogP contribution in [0.3, 0.4) is 0 Å². The second kappa shape index (κ2) is 5.20. The molecule has 0 aromatic heterocycles. The van der Waals surface area contributed by atoms with E-state index in [9.17, 15) is 9.90 Å². The van der Waals surface area contributed by atoms with E-state index >= 15 is 0 Å². The van der Waals surface area contributed by atoms with Crippen LogP contribution in [0.15, 0.2) is 36.9 Å². The van der Waals surface area contributed by atoms with Crippen molar-refractivity contribution in [2.45, 2.75) is 12.3 Å². The highest BCUT2D eigenvalue weighted by Crippen LogP contribution is 2.22. The summed E-state index contributed by atoms with van der Waals surface area (Å²) < 4.78 is 5.01. The summed E-state index contributed by atoms with van der Waals surface area (Å²) in [5, 5.41) is 10.5. The number of carboxylic acids is 1. The maximum absolute atomic E-state index is 10.5.